The van der Waals surface area contributed by atoms with Gasteiger partial charge < -0.3 is 9.73 Å². The monoisotopic (exact) mass is 462 g/mol. The molecular formula is C18H15BrN4O4S. The van der Waals surface area contributed by atoms with Crippen molar-refractivity contribution in [2.45, 2.75) is 24.3 Å². The second-order valence-electron chi connectivity index (χ2n) is 5.86. The molecule has 0 spiro atoms. The first-order valence-electron chi connectivity index (χ1n) is 8.16. The Labute approximate surface area is 173 Å². The van der Waals surface area contributed by atoms with E-state index in [1.807, 2.05) is 24.3 Å². The summed E-state index contributed by atoms with van der Waals surface area (Å²) in [5.74, 6) is 0.0144. The third-order valence-electron chi connectivity index (χ3n) is 3.83. The number of nitro groups is 1. The van der Waals surface area contributed by atoms with E-state index in [1.54, 1.807) is 26.0 Å². The average Bonchev–Trinajstić information content (AvgIpc) is 3.11. The molecule has 1 aromatic heterocycles. The number of benzene rings is 2. The van der Waals surface area contributed by atoms with Crippen LogP contribution in [0.15, 0.2) is 56.6 Å². The van der Waals surface area contributed by atoms with Crippen LogP contribution in [0.4, 0.5) is 11.4 Å². The molecular weight excluding hydrogens is 448 g/mol. The normalized spacial score (nSPS) is 11.8. The standard InChI is InChI=1S/C18H15BrN4O4S/c1-10-7-8-12(9-15(10)23(25)26)20-16(24)11(2)28-18-22-21-17(27-18)13-5-3-4-6-14(13)19/h3-9,11H,1-2H3,(H,20,24)/t11-/m0/s1. The highest BCUT2D eigenvalue weighted by Gasteiger charge is 2.20. The summed E-state index contributed by atoms with van der Waals surface area (Å²) in [5, 5.41) is 21.4. The lowest BCUT2D eigenvalue weighted by Gasteiger charge is -2.10. The summed E-state index contributed by atoms with van der Waals surface area (Å²) in [7, 11) is 0. The van der Waals surface area contributed by atoms with E-state index in [0.29, 0.717) is 17.1 Å². The number of rotatable bonds is 6. The number of nitro benzene ring substituents is 1. The molecule has 10 heteroatoms. The smallest absolute Gasteiger partial charge is 0.277 e. The fourth-order valence-corrected chi connectivity index (χ4v) is 3.47. The maximum atomic E-state index is 12.4. The Bertz CT molecular complexity index is 1040. The Hall–Kier alpha value is -2.72. The van der Waals surface area contributed by atoms with Crippen molar-refractivity contribution in [3.8, 4) is 11.5 Å². The van der Waals surface area contributed by atoms with Gasteiger partial charge in [-0.3, -0.25) is 14.9 Å². The van der Waals surface area contributed by atoms with Gasteiger partial charge in [0.15, 0.2) is 0 Å². The van der Waals surface area contributed by atoms with Crippen molar-refractivity contribution in [2.75, 3.05) is 5.32 Å². The zero-order valence-corrected chi connectivity index (χ0v) is 17.3. The molecule has 0 saturated carbocycles. The maximum Gasteiger partial charge on any atom is 0.277 e. The summed E-state index contributed by atoms with van der Waals surface area (Å²) in [6.07, 6.45) is 0. The van der Waals surface area contributed by atoms with E-state index in [2.05, 4.69) is 31.4 Å². The number of halogens is 1. The van der Waals surface area contributed by atoms with Crippen LogP contribution in [-0.2, 0) is 4.79 Å². The molecule has 0 radical (unpaired) electrons. The van der Waals surface area contributed by atoms with Gasteiger partial charge >= 0.3 is 0 Å². The molecule has 1 atom stereocenters. The highest BCUT2D eigenvalue weighted by Crippen LogP contribution is 2.31. The van der Waals surface area contributed by atoms with Crippen LogP contribution < -0.4 is 5.32 Å². The van der Waals surface area contributed by atoms with E-state index in [4.69, 9.17) is 4.42 Å². The number of thioether (sulfide) groups is 1. The number of carbonyl (C=O) groups is 1. The number of carbonyl (C=O) groups excluding carboxylic acids is 1. The second kappa shape index (κ2) is 8.53. The Balaban J connectivity index is 1.68. The number of aromatic nitrogens is 2. The first kappa shape index (κ1) is 20.0. The Morgan fingerprint density at radius 2 is 2.04 bits per heavy atom. The predicted molar refractivity (Wildman–Crippen MR) is 109 cm³/mol. The molecule has 1 amide bonds. The zero-order chi connectivity index (χ0) is 20.3. The lowest BCUT2D eigenvalue weighted by molar-refractivity contribution is -0.385. The third-order valence-corrected chi connectivity index (χ3v) is 5.46. The minimum absolute atomic E-state index is 0.0481. The average molecular weight is 463 g/mol. The maximum absolute atomic E-state index is 12.4. The number of aryl methyl sites for hydroxylation is 1. The number of nitrogens with one attached hydrogen (secondary N) is 1. The number of hydrogen-bond acceptors (Lipinski definition) is 7. The van der Waals surface area contributed by atoms with Gasteiger partial charge in [0.25, 0.3) is 10.9 Å². The topological polar surface area (TPSA) is 111 Å². The van der Waals surface area contributed by atoms with Crippen LogP contribution in [0.1, 0.15) is 12.5 Å². The Morgan fingerprint density at radius 1 is 1.29 bits per heavy atom. The first-order chi connectivity index (χ1) is 13.3. The lowest BCUT2D eigenvalue weighted by Crippen LogP contribution is -2.22. The van der Waals surface area contributed by atoms with Crippen molar-refractivity contribution < 1.29 is 14.1 Å². The summed E-state index contributed by atoms with van der Waals surface area (Å²) < 4.78 is 6.45. The predicted octanol–water partition coefficient (Wildman–Crippen LogP) is 4.84. The summed E-state index contributed by atoms with van der Waals surface area (Å²) in [4.78, 5) is 23.0. The second-order valence-corrected chi connectivity index (χ2v) is 8.01. The van der Waals surface area contributed by atoms with Crippen LogP contribution in [0, 0.1) is 17.0 Å². The quantitative estimate of drug-likeness (QED) is 0.317. The Kier molecular flexibility index (Phi) is 6.10. The molecule has 0 bridgehead atoms. The van der Waals surface area contributed by atoms with Gasteiger partial charge in [-0.25, -0.2) is 0 Å². The largest absolute Gasteiger partial charge is 0.411 e. The molecule has 8 nitrogen and oxygen atoms in total. The van der Waals surface area contributed by atoms with Crippen molar-refractivity contribution in [2.24, 2.45) is 0 Å². The molecule has 0 aliphatic rings. The van der Waals surface area contributed by atoms with Crippen LogP contribution in [0.5, 0.6) is 0 Å². The van der Waals surface area contributed by atoms with Gasteiger partial charge in [0.05, 0.1) is 15.7 Å². The van der Waals surface area contributed by atoms with Crippen molar-refractivity contribution in [3.05, 3.63) is 62.6 Å². The fraction of sp³-hybridized carbons (Fsp3) is 0.167. The number of hydrogen-bond donors (Lipinski definition) is 1. The summed E-state index contributed by atoms with van der Waals surface area (Å²) in [6, 6.07) is 12.0. The van der Waals surface area contributed by atoms with Gasteiger partial charge in [0.1, 0.15) is 0 Å². The molecule has 0 unspecified atom stereocenters. The molecule has 1 heterocycles. The summed E-state index contributed by atoms with van der Waals surface area (Å²) in [5.41, 5.74) is 1.59. The highest BCUT2D eigenvalue weighted by molar-refractivity contribution is 9.10. The Morgan fingerprint density at radius 3 is 2.75 bits per heavy atom. The number of nitrogens with zero attached hydrogens (tertiary/aromatic N) is 3. The zero-order valence-electron chi connectivity index (χ0n) is 14.9. The summed E-state index contributed by atoms with van der Waals surface area (Å²) >= 11 is 4.53. The van der Waals surface area contributed by atoms with Gasteiger partial charge in [-0.15, -0.1) is 10.2 Å². The van der Waals surface area contributed by atoms with E-state index in [1.165, 1.54) is 6.07 Å². The molecule has 28 heavy (non-hydrogen) atoms. The van der Waals surface area contributed by atoms with E-state index in [9.17, 15) is 14.9 Å². The van der Waals surface area contributed by atoms with E-state index in [-0.39, 0.29) is 16.8 Å². The van der Waals surface area contributed by atoms with Crippen LogP contribution in [-0.4, -0.2) is 26.3 Å². The van der Waals surface area contributed by atoms with E-state index < -0.39 is 10.2 Å². The van der Waals surface area contributed by atoms with Crippen LogP contribution in [0.2, 0.25) is 0 Å². The molecule has 0 aliphatic carbocycles. The molecule has 1 N–H and O–H groups in total. The van der Waals surface area contributed by atoms with Gasteiger partial charge in [0.2, 0.25) is 11.8 Å². The molecule has 144 valence electrons. The van der Waals surface area contributed by atoms with E-state index in [0.717, 1.165) is 21.8 Å². The van der Waals surface area contributed by atoms with Crippen molar-refractivity contribution >= 4 is 45.0 Å². The molecule has 2 aromatic carbocycles. The molecule has 0 aliphatic heterocycles. The van der Waals surface area contributed by atoms with Gasteiger partial charge in [0, 0.05) is 21.8 Å². The highest BCUT2D eigenvalue weighted by atomic mass is 79.9. The minimum Gasteiger partial charge on any atom is -0.411 e. The number of amides is 1. The van der Waals surface area contributed by atoms with Crippen LogP contribution in [0.3, 0.4) is 0 Å². The summed E-state index contributed by atoms with van der Waals surface area (Å²) in [6.45, 7) is 3.32. The fourth-order valence-electron chi connectivity index (χ4n) is 2.33. The third kappa shape index (κ3) is 4.57. The van der Waals surface area contributed by atoms with Gasteiger partial charge in [-0.2, -0.15) is 0 Å². The van der Waals surface area contributed by atoms with Crippen LogP contribution >= 0.6 is 27.7 Å². The van der Waals surface area contributed by atoms with E-state index >= 15 is 0 Å². The first-order valence-corrected chi connectivity index (χ1v) is 9.83. The molecule has 0 saturated heterocycles. The van der Waals surface area contributed by atoms with Crippen LogP contribution in [0.25, 0.3) is 11.5 Å². The van der Waals surface area contributed by atoms with Crippen molar-refractivity contribution in [1.29, 1.82) is 0 Å². The molecule has 3 aromatic rings. The van der Waals surface area contributed by atoms with Gasteiger partial charge in [-0.05, 0) is 48.0 Å². The minimum atomic E-state index is -0.548. The number of anilines is 1. The molecule has 3 rings (SSSR count). The van der Waals surface area contributed by atoms with Crippen molar-refractivity contribution in [1.82, 2.24) is 10.2 Å². The lowest BCUT2D eigenvalue weighted by atomic mass is 10.2. The SMILES string of the molecule is Cc1ccc(NC(=O)[C@H](C)Sc2nnc(-c3ccccc3Br)o2)cc1[N+](=O)[O-]. The van der Waals surface area contributed by atoms with Crippen molar-refractivity contribution in [3.63, 3.8) is 0 Å². The van der Waals surface area contributed by atoms with Gasteiger partial charge in [-0.1, -0.05) is 30.0 Å². The molecule has 0 fully saturated rings.